The van der Waals surface area contributed by atoms with Gasteiger partial charge in [0.05, 0.1) is 10.7 Å². The van der Waals surface area contributed by atoms with E-state index in [-0.39, 0.29) is 32.8 Å². The molecule has 5 rings (SSSR count). The maximum Gasteiger partial charge on any atom is 0.280 e. The number of amides is 2. The number of anilines is 1. The van der Waals surface area contributed by atoms with Crippen LogP contribution in [0.5, 0.6) is 5.75 Å². The Hall–Kier alpha value is -4.06. The summed E-state index contributed by atoms with van der Waals surface area (Å²) in [6, 6.07) is 16.3. The quantitative estimate of drug-likeness (QED) is 0.207. The summed E-state index contributed by atoms with van der Waals surface area (Å²) in [7, 11) is 0. The zero-order valence-corrected chi connectivity index (χ0v) is 22.0. The number of alkyl halides is 2. The molecule has 0 aliphatic rings. The molecular formula is C26H17Cl2F2N5O3S. The molecule has 0 aliphatic carbocycles. The predicted molar refractivity (Wildman–Crippen MR) is 146 cm³/mol. The van der Waals surface area contributed by atoms with Crippen molar-refractivity contribution >= 4 is 62.3 Å². The van der Waals surface area contributed by atoms with Gasteiger partial charge in [-0.25, -0.2) is 18.4 Å². The van der Waals surface area contributed by atoms with Crippen LogP contribution in [0.4, 0.5) is 14.5 Å². The molecule has 2 amide bonds. The Balaban J connectivity index is 1.49. The summed E-state index contributed by atoms with van der Waals surface area (Å²) in [6.45, 7) is -0.0697. The van der Waals surface area contributed by atoms with E-state index in [0.29, 0.717) is 27.3 Å². The number of ether oxygens (including phenoxy) is 1. The Kier molecular flexibility index (Phi) is 7.47. The summed E-state index contributed by atoms with van der Waals surface area (Å²) < 4.78 is 34.3. The number of rotatable bonds is 8. The van der Waals surface area contributed by atoms with Gasteiger partial charge >= 0.3 is 0 Å². The van der Waals surface area contributed by atoms with Gasteiger partial charge in [-0.2, -0.15) is 5.10 Å². The number of hydrogen-bond acceptors (Lipinski definition) is 6. The lowest BCUT2D eigenvalue weighted by Crippen LogP contribution is -2.18. The fourth-order valence-electron chi connectivity index (χ4n) is 3.83. The van der Waals surface area contributed by atoms with Crippen LogP contribution in [0.15, 0.2) is 66.9 Å². The first-order valence-corrected chi connectivity index (χ1v) is 12.8. The molecule has 3 aromatic heterocycles. The largest absolute Gasteiger partial charge is 0.470 e. The van der Waals surface area contributed by atoms with Crippen molar-refractivity contribution in [1.29, 1.82) is 0 Å². The highest BCUT2D eigenvalue weighted by molar-refractivity contribution is 7.21. The van der Waals surface area contributed by atoms with Crippen molar-refractivity contribution in [2.24, 2.45) is 5.73 Å². The van der Waals surface area contributed by atoms with Gasteiger partial charge in [-0.15, -0.1) is 11.3 Å². The SMILES string of the molecule is NC(=O)c1sc2nc(C(F)F)cc(-c3ccccc3)c2c1NC(=O)c1ccn(COc2cccc(Cl)c2Cl)n1. The molecule has 0 unspecified atom stereocenters. The Morgan fingerprint density at radius 2 is 1.87 bits per heavy atom. The summed E-state index contributed by atoms with van der Waals surface area (Å²) in [4.78, 5) is 29.6. The molecule has 0 aliphatic heterocycles. The van der Waals surface area contributed by atoms with Crippen LogP contribution in [0.2, 0.25) is 10.0 Å². The third-order valence-corrected chi connectivity index (χ3v) is 7.49. The summed E-state index contributed by atoms with van der Waals surface area (Å²) >= 11 is 13.0. The topological polar surface area (TPSA) is 112 Å². The van der Waals surface area contributed by atoms with E-state index in [1.54, 1.807) is 48.5 Å². The van der Waals surface area contributed by atoms with Crippen LogP contribution in [0.3, 0.4) is 0 Å². The number of primary amides is 1. The van der Waals surface area contributed by atoms with Crippen molar-refractivity contribution in [1.82, 2.24) is 14.8 Å². The first kappa shape index (κ1) is 26.5. The first-order valence-electron chi connectivity index (χ1n) is 11.3. The molecule has 0 atom stereocenters. The zero-order chi connectivity index (χ0) is 27.7. The number of nitrogens with two attached hydrogens (primary N) is 1. The number of aromatic nitrogens is 3. The number of benzene rings is 2. The van der Waals surface area contributed by atoms with Gasteiger partial charge in [-0.3, -0.25) is 9.59 Å². The van der Waals surface area contributed by atoms with Gasteiger partial charge in [0, 0.05) is 11.6 Å². The summed E-state index contributed by atoms with van der Waals surface area (Å²) in [5.41, 5.74) is 6.16. The fourth-order valence-corrected chi connectivity index (χ4v) is 5.19. The lowest BCUT2D eigenvalue weighted by Gasteiger charge is -2.10. The van der Waals surface area contributed by atoms with Crippen molar-refractivity contribution in [2.75, 3.05) is 5.32 Å². The van der Waals surface area contributed by atoms with Gasteiger partial charge in [-0.05, 0) is 35.4 Å². The van der Waals surface area contributed by atoms with Gasteiger partial charge in [0.25, 0.3) is 18.2 Å². The third-order valence-electron chi connectivity index (χ3n) is 5.59. The molecule has 8 nitrogen and oxygen atoms in total. The Bertz CT molecular complexity index is 1710. The maximum atomic E-state index is 13.6. The molecule has 0 saturated heterocycles. The standard InChI is InChI=1S/C26H17Cl2F2N5O3S/c27-15-7-4-8-18(20(15)28)38-12-35-10-9-16(34-35)25(37)33-21-19-14(13-5-2-1-3-6-13)11-17(23(29)30)32-26(19)39-22(21)24(31)36/h1-11,23H,12H2,(H2,31,36)(H,33,37). The van der Waals surface area contributed by atoms with Crippen LogP contribution in [-0.2, 0) is 6.73 Å². The Morgan fingerprint density at radius 3 is 2.59 bits per heavy atom. The normalized spacial score (nSPS) is 11.2. The molecular weight excluding hydrogens is 571 g/mol. The van der Waals surface area contributed by atoms with Crippen molar-refractivity contribution < 1.29 is 23.1 Å². The molecule has 198 valence electrons. The Labute approximate surface area is 233 Å². The van der Waals surface area contributed by atoms with Crippen LogP contribution in [0.1, 0.15) is 32.3 Å². The highest BCUT2D eigenvalue weighted by Gasteiger charge is 2.25. The van der Waals surface area contributed by atoms with Gasteiger partial charge in [-0.1, -0.05) is 59.6 Å². The minimum atomic E-state index is -2.85. The second-order valence-corrected chi connectivity index (χ2v) is 9.92. The second-order valence-electron chi connectivity index (χ2n) is 8.13. The van der Waals surface area contributed by atoms with Crippen LogP contribution in [0.25, 0.3) is 21.3 Å². The number of nitrogens with zero attached hydrogens (tertiary/aromatic N) is 3. The summed E-state index contributed by atoms with van der Waals surface area (Å²) in [5, 5.41) is 7.77. The molecule has 0 radical (unpaired) electrons. The summed E-state index contributed by atoms with van der Waals surface area (Å²) in [6.07, 6.45) is -1.33. The third kappa shape index (κ3) is 5.42. The van der Waals surface area contributed by atoms with Gasteiger partial charge < -0.3 is 15.8 Å². The highest BCUT2D eigenvalue weighted by atomic mass is 35.5. The average Bonchev–Trinajstić information content (AvgIpc) is 3.55. The van der Waals surface area contributed by atoms with E-state index >= 15 is 0 Å². The molecule has 0 fully saturated rings. The number of pyridine rings is 1. The van der Waals surface area contributed by atoms with E-state index in [2.05, 4.69) is 15.4 Å². The van der Waals surface area contributed by atoms with E-state index in [0.717, 1.165) is 11.3 Å². The molecule has 0 bridgehead atoms. The lowest BCUT2D eigenvalue weighted by atomic mass is 10.0. The smallest absolute Gasteiger partial charge is 0.280 e. The number of halogens is 4. The van der Waals surface area contributed by atoms with Crippen molar-refractivity contribution in [3.63, 3.8) is 0 Å². The van der Waals surface area contributed by atoms with Crippen LogP contribution >= 0.6 is 34.5 Å². The molecule has 0 spiro atoms. The van der Waals surface area contributed by atoms with Crippen molar-refractivity contribution in [3.05, 3.63) is 93.2 Å². The molecule has 0 saturated carbocycles. The number of hydrogen-bond donors (Lipinski definition) is 2. The lowest BCUT2D eigenvalue weighted by molar-refractivity contribution is 0.100. The Morgan fingerprint density at radius 1 is 1.10 bits per heavy atom. The second kappa shape index (κ2) is 11.0. The molecule has 13 heteroatoms. The van der Waals surface area contributed by atoms with Crippen molar-refractivity contribution in [3.8, 4) is 16.9 Å². The molecule has 5 aromatic rings. The monoisotopic (exact) mass is 587 g/mol. The van der Waals surface area contributed by atoms with E-state index in [4.69, 9.17) is 33.7 Å². The predicted octanol–water partition coefficient (Wildman–Crippen LogP) is 6.79. The van der Waals surface area contributed by atoms with E-state index in [1.165, 1.54) is 23.0 Å². The van der Waals surface area contributed by atoms with Gasteiger partial charge in [0.15, 0.2) is 12.4 Å². The molecule has 3 N–H and O–H groups in total. The minimum absolute atomic E-state index is 0.00369. The van der Waals surface area contributed by atoms with E-state index in [1.807, 2.05) is 0 Å². The first-order chi connectivity index (χ1) is 18.7. The van der Waals surface area contributed by atoms with Crippen LogP contribution in [0, 0.1) is 0 Å². The van der Waals surface area contributed by atoms with E-state index in [9.17, 15) is 18.4 Å². The average molecular weight is 588 g/mol. The summed E-state index contributed by atoms with van der Waals surface area (Å²) in [5.74, 6) is -1.16. The molecule has 2 aromatic carbocycles. The number of fused-ring (bicyclic) bond motifs is 1. The molecule has 39 heavy (non-hydrogen) atoms. The highest BCUT2D eigenvalue weighted by Crippen LogP contribution is 2.42. The van der Waals surface area contributed by atoms with E-state index < -0.39 is 23.9 Å². The maximum absolute atomic E-state index is 13.6. The zero-order valence-electron chi connectivity index (χ0n) is 19.7. The number of carbonyl (C=O) groups excluding carboxylic acids is 2. The fraction of sp³-hybridized carbons (Fsp3) is 0.0769. The van der Waals surface area contributed by atoms with Crippen molar-refractivity contribution in [2.45, 2.75) is 13.2 Å². The van der Waals surface area contributed by atoms with Crippen LogP contribution in [-0.4, -0.2) is 26.6 Å². The minimum Gasteiger partial charge on any atom is -0.470 e. The molecule has 3 heterocycles. The van der Waals surface area contributed by atoms with Crippen LogP contribution < -0.4 is 15.8 Å². The van der Waals surface area contributed by atoms with Gasteiger partial charge in [0.2, 0.25) is 0 Å². The number of thiophene rings is 1. The number of nitrogens with one attached hydrogen (secondary N) is 1. The van der Waals surface area contributed by atoms with Gasteiger partial charge in [0.1, 0.15) is 26.2 Å². The number of carbonyl (C=O) groups is 2.